The Hall–Kier alpha value is -1.78. The molecule has 5 heteroatoms. The maximum atomic E-state index is 11.7. The van der Waals surface area contributed by atoms with Gasteiger partial charge in [0.05, 0.1) is 12.0 Å². The zero-order valence-corrected chi connectivity index (χ0v) is 9.60. The van der Waals surface area contributed by atoms with Crippen LogP contribution in [0.5, 0.6) is 0 Å². The summed E-state index contributed by atoms with van der Waals surface area (Å²) in [7, 11) is 0. The standard InChI is InChI=1S/C12H16N4O/c13-11-6-8(3-4-14-11)16-5-1-2-9-10(16)7-15-12(9)17/h3-4,6,9-10H,1-2,5,7H2,(H2,13,14)(H,15,17). The molecule has 0 bridgehead atoms. The molecule has 2 saturated heterocycles. The van der Waals surface area contributed by atoms with Crippen LogP contribution < -0.4 is 16.0 Å². The number of rotatable bonds is 1. The number of carbonyl (C=O) groups excluding carboxylic acids is 1. The minimum Gasteiger partial charge on any atom is -0.384 e. The number of hydrogen-bond acceptors (Lipinski definition) is 4. The van der Waals surface area contributed by atoms with Gasteiger partial charge in [0.15, 0.2) is 0 Å². The van der Waals surface area contributed by atoms with E-state index in [0.29, 0.717) is 5.82 Å². The van der Waals surface area contributed by atoms with E-state index in [1.165, 1.54) is 0 Å². The summed E-state index contributed by atoms with van der Waals surface area (Å²) in [4.78, 5) is 18.0. The van der Waals surface area contributed by atoms with E-state index in [9.17, 15) is 4.79 Å². The molecular formula is C12H16N4O. The summed E-state index contributed by atoms with van der Waals surface area (Å²) < 4.78 is 0. The number of fused-ring (bicyclic) bond motifs is 1. The lowest BCUT2D eigenvalue weighted by Crippen LogP contribution is -2.45. The number of aromatic nitrogens is 1. The van der Waals surface area contributed by atoms with Gasteiger partial charge in [-0.2, -0.15) is 0 Å². The fraction of sp³-hybridized carbons (Fsp3) is 0.500. The Morgan fingerprint density at radius 3 is 3.24 bits per heavy atom. The Labute approximate surface area is 100 Å². The van der Waals surface area contributed by atoms with Crippen molar-refractivity contribution in [3.8, 4) is 0 Å². The fourth-order valence-electron chi connectivity index (χ4n) is 2.89. The van der Waals surface area contributed by atoms with Crippen LogP contribution in [0.15, 0.2) is 18.3 Å². The van der Waals surface area contributed by atoms with Gasteiger partial charge in [-0.05, 0) is 18.9 Å². The van der Waals surface area contributed by atoms with Crippen molar-refractivity contribution in [3.05, 3.63) is 18.3 Å². The highest BCUT2D eigenvalue weighted by Crippen LogP contribution is 2.31. The van der Waals surface area contributed by atoms with Crippen molar-refractivity contribution in [2.45, 2.75) is 18.9 Å². The molecule has 3 heterocycles. The van der Waals surface area contributed by atoms with E-state index in [-0.39, 0.29) is 17.9 Å². The first-order chi connectivity index (χ1) is 8.25. The predicted octanol–water partition coefficient (Wildman–Crippen LogP) is 0.379. The van der Waals surface area contributed by atoms with E-state index >= 15 is 0 Å². The van der Waals surface area contributed by atoms with Crippen molar-refractivity contribution in [1.29, 1.82) is 0 Å². The normalized spacial score (nSPS) is 27.8. The third kappa shape index (κ3) is 1.71. The number of amides is 1. The molecule has 90 valence electrons. The molecule has 3 N–H and O–H groups in total. The molecule has 2 aliphatic heterocycles. The molecule has 1 aromatic rings. The van der Waals surface area contributed by atoms with Crippen LogP contribution in [0.1, 0.15) is 12.8 Å². The van der Waals surface area contributed by atoms with E-state index in [4.69, 9.17) is 5.73 Å². The smallest absolute Gasteiger partial charge is 0.225 e. The number of carbonyl (C=O) groups is 1. The molecule has 5 nitrogen and oxygen atoms in total. The second-order valence-electron chi connectivity index (χ2n) is 4.69. The lowest BCUT2D eigenvalue weighted by Gasteiger charge is -2.37. The SMILES string of the molecule is Nc1cc(N2CCCC3C(=O)NCC32)ccn1. The van der Waals surface area contributed by atoms with Crippen LogP contribution in [0.25, 0.3) is 0 Å². The molecule has 0 saturated carbocycles. The fourth-order valence-corrected chi connectivity index (χ4v) is 2.89. The predicted molar refractivity (Wildman–Crippen MR) is 65.5 cm³/mol. The maximum absolute atomic E-state index is 11.7. The molecular weight excluding hydrogens is 216 g/mol. The topological polar surface area (TPSA) is 71.2 Å². The quantitative estimate of drug-likeness (QED) is 0.734. The summed E-state index contributed by atoms with van der Waals surface area (Å²) in [5.74, 6) is 0.863. The van der Waals surface area contributed by atoms with E-state index in [0.717, 1.165) is 31.6 Å². The third-order valence-corrected chi connectivity index (χ3v) is 3.70. The van der Waals surface area contributed by atoms with Crippen molar-refractivity contribution in [2.24, 2.45) is 5.92 Å². The van der Waals surface area contributed by atoms with Gasteiger partial charge in [-0.15, -0.1) is 0 Å². The van der Waals surface area contributed by atoms with Crippen LogP contribution in [-0.4, -0.2) is 30.0 Å². The third-order valence-electron chi connectivity index (χ3n) is 3.70. The second kappa shape index (κ2) is 3.91. The van der Waals surface area contributed by atoms with Gasteiger partial charge >= 0.3 is 0 Å². The van der Waals surface area contributed by atoms with Crippen molar-refractivity contribution >= 4 is 17.4 Å². The van der Waals surface area contributed by atoms with Crippen molar-refractivity contribution < 1.29 is 4.79 Å². The molecule has 2 atom stereocenters. The molecule has 17 heavy (non-hydrogen) atoms. The Morgan fingerprint density at radius 1 is 1.53 bits per heavy atom. The van der Waals surface area contributed by atoms with E-state index in [1.807, 2.05) is 12.1 Å². The van der Waals surface area contributed by atoms with E-state index in [1.54, 1.807) is 6.20 Å². The summed E-state index contributed by atoms with van der Waals surface area (Å²) >= 11 is 0. The number of pyridine rings is 1. The maximum Gasteiger partial charge on any atom is 0.225 e. The average Bonchev–Trinajstić information content (AvgIpc) is 2.71. The summed E-state index contributed by atoms with van der Waals surface area (Å²) in [5, 5.41) is 2.95. The molecule has 1 amide bonds. The van der Waals surface area contributed by atoms with Gasteiger partial charge in [-0.3, -0.25) is 4.79 Å². The number of anilines is 2. The minimum absolute atomic E-state index is 0.137. The Kier molecular flexibility index (Phi) is 2.39. The van der Waals surface area contributed by atoms with E-state index in [2.05, 4.69) is 15.2 Å². The molecule has 0 aliphatic carbocycles. The zero-order valence-electron chi connectivity index (χ0n) is 9.60. The number of nitrogens with zero attached hydrogens (tertiary/aromatic N) is 2. The van der Waals surface area contributed by atoms with Gasteiger partial charge in [0.25, 0.3) is 0 Å². The number of hydrogen-bond donors (Lipinski definition) is 2. The van der Waals surface area contributed by atoms with Crippen molar-refractivity contribution in [1.82, 2.24) is 10.3 Å². The molecule has 2 aliphatic rings. The summed E-state index contributed by atoms with van der Waals surface area (Å²) in [6.45, 7) is 1.73. The minimum atomic E-state index is 0.137. The highest BCUT2D eigenvalue weighted by atomic mass is 16.2. The van der Waals surface area contributed by atoms with Crippen LogP contribution >= 0.6 is 0 Å². The Bertz CT molecular complexity index is 448. The van der Waals surface area contributed by atoms with Gasteiger partial charge in [0.2, 0.25) is 5.91 Å². The summed E-state index contributed by atoms with van der Waals surface area (Å²) in [5.41, 5.74) is 6.78. The van der Waals surface area contributed by atoms with Gasteiger partial charge in [0, 0.05) is 31.0 Å². The highest BCUT2D eigenvalue weighted by molar-refractivity contribution is 5.83. The molecule has 2 unspecified atom stereocenters. The first kappa shape index (κ1) is 10.4. The molecule has 0 spiro atoms. The Balaban J connectivity index is 1.90. The molecule has 0 radical (unpaired) electrons. The van der Waals surface area contributed by atoms with Crippen molar-refractivity contribution in [3.63, 3.8) is 0 Å². The van der Waals surface area contributed by atoms with Crippen LogP contribution in [0.3, 0.4) is 0 Å². The lowest BCUT2D eigenvalue weighted by atomic mass is 9.91. The second-order valence-corrected chi connectivity index (χ2v) is 4.69. The molecule has 3 rings (SSSR count). The molecule has 1 aromatic heterocycles. The van der Waals surface area contributed by atoms with E-state index < -0.39 is 0 Å². The van der Waals surface area contributed by atoms with Gasteiger partial charge in [0.1, 0.15) is 5.82 Å². The van der Waals surface area contributed by atoms with Gasteiger partial charge < -0.3 is 16.0 Å². The lowest BCUT2D eigenvalue weighted by molar-refractivity contribution is -0.122. The molecule has 0 aromatic carbocycles. The van der Waals surface area contributed by atoms with Crippen molar-refractivity contribution in [2.75, 3.05) is 23.7 Å². The van der Waals surface area contributed by atoms with Crippen LogP contribution in [0, 0.1) is 5.92 Å². The number of nitrogens with two attached hydrogens (primary N) is 1. The largest absolute Gasteiger partial charge is 0.384 e. The van der Waals surface area contributed by atoms with Crippen LogP contribution in [-0.2, 0) is 4.79 Å². The van der Waals surface area contributed by atoms with Gasteiger partial charge in [-0.25, -0.2) is 4.98 Å². The highest BCUT2D eigenvalue weighted by Gasteiger charge is 2.40. The molecule has 2 fully saturated rings. The first-order valence-corrected chi connectivity index (χ1v) is 6.01. The number of nitrogen functional groups attached to an aromatic ring is 1. The monoisotopic (exact) mass is 232 g/mol. The van der Waals surface area contributed by atoms with Crippen LogP contribution in [0.2, 0.25) is 0 Å². The van der Waals surface area contributed by atoms with Gasteiger partial charge in [-0.1, -0.05) is 0 Å². The summed E-state index contributed by atoms with van der Waals surface area (Å²) in [6.07, 6.45) is 3.77. The first-order valence-electron chi connectivity index (χ1n) is 6.01. The number of nitrogens with one attached hydrogen (secondary N) is 1. The zero-order chi connectivity index (χ0) is 11.8. The average molecular weight is 232 g/mol. The number of piperidine rings is 1. The Morgan fingerprint density at radius 2 is 2.41 bits per heavy atom. The summed E-state index contributed by atoms with van der Waals surface area (Å²) in [6, 6.07) is 4.12. The van der Waals surface area contributed by atoms with Crippen LogP contribution in [0.4, 0.5) is 11.5 Å².